The smallest absolute Gasteiger partial charge is 0.0742 e. The Kier molecular flexibility index (Phi) is 6.72. The first-order valence-corrected chi connectivity index (χ1v) is 16.5. The molecular formula is C46H32N2. The van der Waals surface area contributed by atoms with Crippen LogP contribution in [0.4, 0.5) is 17.1 Å². The lowest BCUT2D eigenvalue weighted by Crippen LogP contribution is -2.38. The number of hydrogen-bond acceptors (Lipinski definition) is 2. The molecule has 0 spiro atoms. The van der Waals surface area contributed by atoms with E-state index in [1.165, 1.54) is 38.7 Å². The predicted molar refractivity (Wildman–Crippen MR) is 199 cm³/mol. The first kappa shape index (κ1) is 28.0. The van der Waals surface area contributed by atoms with Crippen molar-refractivity contribution in [1.82, 2.24) is 4.98 Å². The maximum absolute atomic E-state index is 4.86. The number of rotatable bonds is 5. The van der Waals surface area contributed by atoms with Crippen LogP contribution in [0.5, 0.6) is 0 Å². The molecule has 2 heteroatoms. The summed E-state index contributed by atoms with van der Waals surface area (Å²) in [5.74, 6) is 0. The molecule has 0 amide bonds. The minimum atomic E-state index is -0.568. The highest BCUT2D eigenvalue weighted by Gasteiger charge is 2.47. The number of benzene rings is 7. The molecule has 0 saturated carbocycles. The highest BCUT2D eigenvalue weighted by molar-refractivity contribution is 6.08. The van der Waals surface area contributed by atoms with E-state index in [4.69, 9.17) is 4.98 Å². The topological polar surface area (TPSA) is 16.1 Å². The molecule has 7 aromatic carbocycles. The van der Waals surface area contributed by atoms with E-state index in [-0.39, 0.29) is 0 Å². The second kappa shape index (κ2) is 11.5. The van der Waals surface area contributed by atoms with Crippen LogP contribution in [0.2, 0.25) is 0 Å². The van der Waals surface area contributed by atoms with Crippen LogP contribution in [0.25, 0.3) is 33.0 Å². The van der Waals surface area contributed by atoms with Gasteiger partial charge >= 0.3 is 0 Å². The minimum Gasteiger partial charge on any atom is -0.308 e. The fourth-order valence-electron chi connectivity index (χ4n) is 7.80. The molecule has 0 atom stereocenters. The standard InChI is InChI=1S/C46H32N2/c1-5-17-33(18-6-1)39-31-47-32-40(34-19-7-2-8-20-34)44(39)48-43-28-16-15-27-41(43)46(36-22-9-3-10-23-36,37-24-11-4-12-25-37)42-30-29-35-21-13-14-26-38(35)45(42)48/h1-32H. The Balaban J connectivity index is 1.49. The van der Waals surface area contributed by atoms with Gasteiger partial charge in [0.2, 0.25) is 0 Å². The van der Waals surface area contributed by atoms with Gasteiger partial charge in [-0.25, -0.2) is 0 Å². The van der Waals surface area contributed by atoms with E-state index in [2.05, 4.69) is 187 Å². The molecule has 9 rings (SSSR count). The molecule has 226 valence electrons. The molecule has 2 nitrogen and oxygen atoms in total. The molecule has 1 aliphatic heterocycles. The Morgan fingerprint density at radius 2 is 0.896 bits per heavy atom. The minimum absolute atomic E-state index is 0.568. The second-order valence-corrected chi connectivity index (χ2v) is 12.3. The van der Waals surface area contributed by atoms with Gasteiger partial charge in [0.05, 0.1) is 22.5 Å². The summed E-state index contributed by atoms with van der Waals surface area (Å²) in [4.78, 5) is 7.40. The van der Waals surface area contributed by atoms with E-state index in [1.807, 2.05) is 12.4 Å². The molecule has 1 aliphatic rings. The lowest BCUT2D eigenvalue weighted by atomic mass is 9.62. The van der Waals surface area contributed by atoms with E-state index < -0.39 is 5.41 Å². The summed E-state index contributed by atoms with van der Waals surface area (Å²) < 4.78 is 0. The molecule has 1 aromatic heterocycles. The third-order valence-corrected chi connectivity index (χ3v) is 9.80. The Bertz CT molecular complexity index is 2290. The van der Waals surface area contributed by atoms with Crippen molar-refractivity contribution in [3.8, 4) is 22.3 Å². The van der Waals surface area contributed by atoms with Crippen LogP contribution in [0.3, 0.4) is 0 Å². The van der Waals surface area contributed by atoms with Crippen molar-refractivity contribution < 1.29 is 0 Å². The summed E-state index contributed by atoms with van der Waals surface area (Å²) >= 11 is 0. The van der Waals surface area contributed by atoms with E-state index in [0.29, 0.717) is 0 Å². The second-order valence-electron chi connectivity index (χ2n) is 12.3. The summed E-state index contributed by atoms with van der Waals surface area (Å²) in [6, 6.07) is 65.8. The summed E-state index contributed by atoms with van der Waals surface area (Å²) in [7, 11) is 0. The maximum atomic E-state index is 4.86. The van der Waals surface area contributed by atoms with Crippen molar-refractivity contribution in [2.45, 2.75) is 5.41 Å². The summed E-state index contributed by atoms with van der Waals surface area (Å²) in [6.07, 6.45) is 4.06. The van der Waals surface area contributed by atoms with Gasteiger partial charge in [0, 0.05) is 28.9 Å². The quantitative estimate of drug-likeness (QED) is 0.192. The molecule has 0 fully saturated rings. The number of anilines is 3. The Morgan fingerprint density at radius 3 is 1.50 bits per heavy atom. The Hall–Kier alpha value is -6.25. The van der Waals surface area contributed by atoms with Gasteiger partial charge in [0.1, 0.15) is 0 Å². The van der Waals surface area contributed by atoms with Crippen LogP contribution in [0.1, 0.15) is 22.3 Å². The van der Waals surface area contributed by atoms with E-state index in [9.17, 15) is 0 Å². The lowest BCUT2D eigenvalue weighted by molar-refractivity contribution is 0.733. The van der Waals surface area contributed by atoms with E-state index in [0.717, 1.165) is 33.6 Å². The average Bonchev–Trinajstić information content (AvgIpc) is 3.18. The van der Waals surface area contributed by atoms with Gasteiger partial charge in [0.25, 0.3) is 0 Å². The predicted octanol–water partition coefficient (Wildman–Crippen LogP) is 11.7. The summed E-state index contributed by atoms with van der Waals surface area (Å²) in [6.45, 7) is 0. The third-order valence-electron chi connectivity index (χ3n) is 9.80. The molecule has 0 aliphatic carbocycles. The van der Waals surface area contributed by atoms with Crippen molar-refractivity contribution in [1.29, 1.82) is 0 Å². The van der Waals surface area contributed by atoms with Crippen LogP contribution in [-0.2, 0) is 5.41 Å². The van der Waals surface area contributed by atoms with Gasteiger partial charge in [-0.15, -0.1) is 0 Å². The Labute approximate surface area is 281 Å². The van der Waals surface area contributed by atoms with Crippen LogP contribution >= 0.6 is 0 Å². The summed E-state index contributed by atoms with van der Waals surface area (Å²) in [5, 5.41) is 2.41. The number of nitrogens with zero attached hydrogens (tertiary/aromatic N) is 2. The van der Waals surface area contributed by atoms with Crippen molar-refractivity contribution in [2.24, 2.45) is 0 Å². The number of pyridine rings is 1. The normalized spacial score (nSPS) is 13.1. The zero-order valence-electron chi connectivity index (χ0n) is 26.4. The van der Waals surface area contributed by atoms with E-state index >= 15 is 0 Å². The number of fused-ring (bicyclic) bond motifs is 4. The summed E-state index contributed by atoms with van der Waals surface area (Å²) in [5.41, 5.74) is 12.2. The SMILES string of the molecule is c1ccc(-c2cncc(-c3ccccc3)c2N2c3ccccc3C(c3ccccc3)(c3ccccc3)c3ccc4ccccc4c32)cc1. The lowest BCUT2D eigenvalue weighted by Gasteiger charge is -2.47. The fraction of sp³-hybridized carbons (Fsp3) is 0.0217. The molecule has 0 unspecified atom stereocenters. The zero-order chi connectivity index (χ0) is 31.9. The van der Waals surface area contributed by atoms with Gasteiger partial charge in [-0.3, -0.25) is 4.98 Å². The average molecular weight is 613 g/mol. The van der Waals surface area contributed by atoms with Crippen molar-refractivity contribution in [2.75, 3.05) is 4.90 Å². The highest BCUT2D eigenvalue weighted by Crippen LogP contribution is 2.61. The van der Waals surface area contributed by atoms with Gasteiger partial charge in [-0.2, -0.15) is 0 Å². The van der Waals surface area contributed by atoms with Gasteiger partial charge < -0.3 is 4.90 Å². The Morgan fingerprint density at radius 1 is 0.396 bits per heavy atom. The molecule has 48 heavy (non-hydrogen) atoms. The number of hydrogen-bond donors (Lipinski definition) is 0. The first-order chi connectivity index (χ1) is 23.9. The van der Waals surface area contributed by atoms with Crippen LogP contribution in [0, 0.1) is 0 Å². The highest BCUT2D eigenvalue weighted by atomic mass is 15.2. The number of aromatic nitrogens is 1. The van der Waals surface area contributed by atoms with Gasteiger partial charge in [-0.1, -0.05) is 176 Å². The van der Waals surface area contributed by atoms with Crippen molar-refractivity contribution in [3.63, 3.8) is 0 Å². The van der Waals surface area contributed by atoms with Gasteiger partial charge in [0.15, 0.2) is 0 Å². The van der Waals surface area contributed by atoms with Crippen molar-refractivity contribution >= 4 is 27.8 Å². The van der Waals surface area contributed by atoms with Crippen LogP contribution in [0.15, 0.2) is 194 Å². The third kappa shape index (κ3) is 4.23. The van der Waals surface area contributed by atoms with Gasteiger partial charge in [-0.05, 0) is 44.8 Å². The van der Waals surface area contributed by atoms with E-state index in [1.54, 1.807) is 0 Å². The van der Waals surface area contributed by atoms with Crippen molar-refractivity contribution in [3.05, 3.63) is 217 Å². The zero-order valence-corrected chi connectivity index (χ0v) is 26.4. The van der Waals surface area contributed by atoms with Crippen LogP contribution < -0.4 is 4.90 Å². The molecule has 8 aromatic rings. The number of para-hydroxylation sites is 1. The molecule has 0 bridgehead atoms. The molecule has 2 heterocycles. The molecule has 0 radical (unpaired) electrons. The fourth-order valence-corrected chi connectivity index (χ4v) is 7.80. The van der Waals surface area contributed by atoms with Crippen LogP contribution in [-0.4, -0.2) is 4.98 Å². The molecular weight excluding hydrogens is 581 g/mol. The molecule has 0 saturated heterocycles. The molecule has 0 N–H and O–H groups in total. The first-order valence-electron chi connectivity index (χ1n) is 16.5. The monoisotopic (exact) mass is 612 g/mol. The maximum Gasteiger partial charge on any atom is 0.0742 e. The largest absolute Gasteiger partial charge is 0.308 e.